The molecule has 1 aromatic rings. The van der Waals surface area contributed by atoms with E-state index in [1.54, 1.807) is 0 Å². The van der Waals surface area contributed by atoms with Gasteiger partial charge in [0.25, 0.3) is 5.91 Å². The minimum Gasteiger partial charge on any atom is -0.452 e. The Balaban J connectivity index is 2.21. The third-order valence-corrected chi connectivity index (χ3v) is 2.19. The number of furan rings is 1. The third-order valence-electron chi connectivity index (χ3n) is 1.90. The van der Waals surface area contributed by atoms with Crippen LogP contribution in [0.15, 0.2) is 21.9 Å². The average molecular weight is 243 g/mol. The molecule has 0 radical (unpaired) electrons. The summed E-state index contributed by atoms with van der Waals surface area (Å²) in [5.41, 5.74) is 8.36. The highest BCUT2D eigenvalue weighted by Gasteiger charge is 2.11. The Hall–Kier alpha value is -1.65. The molecule has 0 spiro atoms. The van der Waals surface area contributed by atoms with Gasteiger partial charge >= 0.3 is 0 Å². The molecule has 1 heterocycles. The Labute approximate surface area is 97.2 Å². The van der Waals surface area contributed by atoms with Crippen molar-refractivity contribution in [3.05, 3.63) is 33.6 Å². The lowest BCUT2D eigenvalue weighted by Gasteiger charge is -2.02. The van der Waals surface area contributed by atoms with Crippen molar-refractivity contribution < 1.29 is 9.21 Å². The second-order valence-corrected chi connectivity index (χ2v) is 3.37. The standard InChI is InChI=1S/C9H11ClN4O2/c10-8-7(3-6-16-8)9(15)12-4-1-2-5-13-14-11/h3,6H,1-2,4-5H2,(H,12,15). The number of unbranched alkanes of at least 4 members (excludes halogenated alkanes) is 1. The normalized spacial score (nSPS) is 9.56. The summed E-state index contributed by atoms with van der Waals surface area (Å²) < 4.78 is 4.79. The van der Waals surface area contributed by atoms with Crippen molar-refractivity contribution in [3.8, 4) is 0 Å². The number of halogens is 1. The van der Waals surface area contributed by atoms with Crippen LogP contribution in [-0.4, -0.2) is 19.0 Å². The Morgan fingerprint density at radius 2 is 2.44 bits per heavy atom. The van der Waals surface area contributed by atoms with Crippen LogP contribution in [0.4, 0.5) is 0 Å². The minimum absolute atomic E-state index is 0.0894. The van der Waals surface area contributed by atoms with Gasteiger partial charge in [-0.05, 0) is 36.0 Å². The molecule has 1 aromatic heterocycles. The van der Waals surface area contributed by atoms with Gasteiger partial charge in [0.15, 0.2) is 0 Å². The maximum atomic E-state index is 11.5. The van der Waals surface area contributed by atoms with Crippen molar-refractivity contribution in [1.29, 1.82) is 0 Å². The van der Waals surface area contributed by atoms with E-state index in [1.165, 1.54) is 12.3 Å². The lowest BCUT2D eigenvalue weighted by Crippen LogP contribution is -2.24. The molecule has 16 heavy (non-hydrogen) atoms. The summed E-state index contributed by atoms with van der Waals surface area (Å²) in [5, 5.41) is 6.16. The molecule has 6 nitrogen and oxygen atoms in total. The van der Waals surface area contributed by atoms with Gasteiger partial charge in [-0.1, -0.05) is 5.11 Å². The molecule has 1 amide bonds. The topological polar surface area (TPSA) is 91.0 Å². The Morgan fingerprint density at radius 1 is 1.62 bits per heavy atom. The van der Waals surface area contributed by atoms with E-state index in [1.807, 2.05) is 0 Å². The fourth-order valence-electron chi connectivity index (χ4n) is 1.11. The third kappa shape index (κ3) is 3.84. The summed E-state index contributed by atoms with van der Waals surface area (Å²) >= 11 is 5.63. The number of rotatable bonds is 6. The van der Waals surface area contributed by atoms with Gasteiger partial charge in [0.2, 0.25) is 5.22 Å². The van der Waals surface area contributed by atoms with Crippen LogP contribution < -0.4 is 5.32 Å². The summed E-state index contributed by atoms with van der Waals surface area (Å²) in [6.45, 7) is 0.958. The maximum Gasteiger partial charge on any atom is 0.256 e. The van der Waals surface area contributed by atoms with E-state index in [4.69, 9.17) is 21.5 Å². The molecule has 0 aliphatic rings. The molecule has 0 saturated carbocycles. The van der Waals surface area contributed by atoms with Gasteiger partial charge in [-0.3, -0.25) is 4.79 Å². The molecule has 7 heteroatoms. The highest BCUT2D eigenvalue weighted by atomic mass is 35.5. The van der Waals surface area contributed by atoms with Crippen LogP contribution in [0.3, 0.4) is 0 Å². The van der Waals surface area contributed by atoms with Crippen molar-refractivity contribution in [2.45, 2.75) is 12.8 Å². The van der Waals surface area contributed by atoms with Gasteiger partial charge in [0, 0.05) is 18.0 Å². The van der Waals surface area contributed by atoms with Gasteiger partial charge in [-0.15, -0.1) is 0 Å². The molecule has 0 aromatic carbocycles. The molecular weight excluding hydrogens is 232 g/mol. The molecule has 1 N–H and O–H groups in total. The van der Waals surface area contributed by atoms with Crippen LogP contribution in [0, 0.1) is 0 Å². The Bertz CT molecular complexity index is 398. The average Bonchev–Trinajstić information content (AvgIpc) is 2.69. The van der Waals surface area contributed by atoms with Gasteiger partial charge in [-0.25, -0.2) is 0 Å². The van der Waals surface area contributed by atoms with E-state index in [0.717, 1.165) is 12.8 Å². The molecule has 1 rings (SSSR count). The lowest BCUT2D eigenvalue weighted by atomic mass is 10.3. The summed E-state index contributed by atoms with van der Waals surface area (Å²) in [5.74, 6) is -0.262. The molecule has 0 fully saturated rings. The molecular formula is C9H11ClN4O2. The summed E-state index contributed by atoms with van der Waals surface area (Å²) in [6, 6.07) is 1.51. The Kier molecular flexibility index (Phi) is 5.25. The molecule has 0 bridgehead atoms. The zero-order valence-corrected chi connectivity index (χ0v) is 9.28. The zero-order chi connectivity index (χ0) is 11.8. The van der Waals surface area contributed by atoms with E-state index in [9.17, 15) is 4.79 Å². The SMILES string of the molecule is [N-]=[N+]=NCCCCNC(=O)c1ccoc1Cl. The summed E-state index contributed by atoms with van der Waals surface area (Å²) in [7, 11) is 0. The molecule has 0 aliphatic carbocycles. The van der Waals surface area contributed by atoms with Crippen LogP contribution in [0.5, 0.6) is 0 Å². The van der Waals surface area contributed by atoms with Crippen molar-refractivity contribution in [3.63, 3.8) is 0 Å². The molecule has 0 atom stereocenters. The monoisotopic (exact) mass is 242 g/mol. The van der Waals surface area contributed by atoms with Gasteiger partial charge < -0.3 is 9.73 Å². The number of hydrogen-bond acceptors (Lipinski definition) is 3. The predicted molar refractivity (Wildman–Crippen MR) is 59.3 cm³/mol. The second kappa shape index (κ2) is 6.76. The summed E-state index contributed by atoms with van der Waals surface area (Å²) in [6.07, 6.45) is 2.85. The highest BCUT2D eigenvalue weighted by Crippen LogP contribution is 2.15. The Morgan fingerprint density at radius 3 is 3.06 bits per heavy atom. The number of amides is 1. The quantitative estimate of drug-likeness (QED) is 0.360. The van der Waals surface area contributed by atoms with E-state index in [2.05, 4.69) is 15.3 Å². The van der Waals surface area contributed by atoms with Crippen molar-refractivity contribution in [2.24, 2.45) is 5.11 Å². The first-order valence-corrected chi connectivity index (χ1v) is 5.15. The van der Waals surface area contributed by atoms with Crippen LogP contribution in [0.25, 0.3) is 10.4 Å². The highest BCUT2D eigenvalue weighted by molar-refractivity contribution is 6.32. The van der Waals surface area contributed by atoms with Crippen molar-refractivity contribution in [1.82, 2.24) is 5.32 Å². The molecule has 0 unspecified atom stereocenters. The van der Waals surface area contributed by atoms with E-state index >= 15 is 0 Å². The smallest absolute Gasteiger partial charge is 0.256 e. The second-order valence-electron chi connectivity index (χ2n) is 3.03. The molecule has 0 aliphatic heterocycles. The van der Waals surface area contributed by atoms with Gasteiger partial charge in [0.05, 0.1) is 11.8 Å². The number of azide groups is 1. The van der Waals surface area contributed by atoms with Crippen LogP contribution in [-0.2, 0) is 0 Å². The number of nitrogens with zero attached hydrogens (tertiary/aromatic N) is 3. The first kappa shape index (κ1) is 12.4. The summed E-state index contributed by atoms with van der Waals surface area (Å²) in [4.78, 5) is 14.1. The van der Waals surface area contributed by atoms with E-state index in [-0.39, 0.29) is 11.1 Å². The van der Waals surface area contributed by atoms with Crippen molar-refractivity contribution in [2.75, 3.05) is 13.1 Å². The van der Waals surface area contributed by atoms with Crippen molar-refractivity contribution >= 4 is 17.5 Å². The minimum atomic E-state index is -0.262. The fourth-order valence-corrected chi connectivity index (χ4v) is 1.31. The number of nitrogens with one attached hydrogen (secondary N) is 1. The first-order valence-electron chi connectivity index (χ1n) is 4.77. The van der Waals surface area contributed by atoms with Crippen LogP contribution in [0.1, 0.15) is 23.2 Å². The lowest BCUT2D eigenvalue weighted by molar-refractivity contribution is 0.0952. The van der Waals surface area contributed by atoms with E-state index < -0.39 is 0 Å². The van der Waals surface area contributed by atoms with E-state index in [0.29, 0.717) is 18.7 Å². The number of hydrogen-bond donors (Lipinski definition) is 1. The largest absolute Gasteiger partial charge is 0.452 e. The maximum absolute atomic E-state index is 11.5. The molecule has 86 valence electrons. The van der Waals surface area contributed by atoms with Crippen LogP contribution >= 0.6 is 11.6 Å². The van der Waals surface area contributed by atoms with Gasteiger partial charge in [-0.2, -0.15) is 0 Å². The number of carbonyl (C=O) groups excluding carboxylic acids is 1. The first-order chi connectivity index (χ1) is 7.75. The predicted octanol–water partition coefficient (Wildman–Crippen LogP) is 2.75. The number of carbonyl (C=O) groups is 1. The fraction of sp³-hybridized carbons (Fsp3) is 0.444. The molecule has 0 saturated heterocycles. The van der Waals surface area contributed by atoms with Gasteiger partial charge in [0.1, 0.15) is 0 Å². The van der Waals surface area contributed by atoms with Crippen LogP contribution in [0.2, 0.25) is 5.22 Å². The zero-order valence-electron chi connectivity index (χ0n) is 8.52.